The fourth-order valence-corrected chi connectivity index (χ4v) is 2.28. The molecule has 0 aliphatic heterocycles. The van der Waals surface area contributed by atoms with Gasteiger partial charge in [0, 0.05) is 12.1 Å². The van der Waals surface area contributed by atoms with Gasteiger partial charge in [-0.15, -0.1) is 0 Å². The average molecular weight is 356 g/mol. The molecular formula is C19H20N2O5. The standard InChI is InChI=1S/C19H20N2O5/c1-3-20-19(25)21-17(23)16(13-9-5-4-6-10-13)26-18(24)14-11-7-8-12(2)15(14)22/h4-11,16,22H,3H2,1-2H3,(H2,20,21,23,25)/t16-/m1/s1. The van der Waals surface area contributed by atoms with Crippen LogP contribution in [0.5, 0.6) is 5.75 Å². The van der Waals surface area contributed by atoms with Crippen LogP contribution in [0.1, 0.15) is 34.5 Å². The van der Waals surface area contributed by atoms with E-state index in [1.807, 2.05) is 0 Å². The van der Waals surface area contributed by atoms with Crippen LogP contribution in [0.15, 0.2) is 48.5 Å². The molecule has 0 aromatic heterocycles. The van der Waals surface area contributed by atoms with Gasteiger partial charge in [-0.2, -0.15) is 0 Å². The first-order valence-corrected chi connectivity index (χ1v) is 8.07. The van der Waals surface area contributed by atoms with Gasteiger partial charge in [0.1, 0.15) is 11.3 Å². The summed E-state index contributed by atoms with van der Waals surface area (Å²) < 4.78 is 5.31. The number of aromatic hydroxyl groups is 1. The van der Waals surface area contributed by atoms with Crippen LogP contribution >= 0.6 is 0 Å². The van der Waals surface area contributed by atoms with Crippen molar-refractivity contribution < 1.29 is 24.2 Å². The van der Waals surface area contributed by atoms with Gasteiger partial charge < -0.3 is 15.2 Å². The van der Waals surface area contributed by atoms with Crippen molar-refractivity contribution >= 4 is 17.9 Å². The Balaban J connectivity index is 2.27. The first-order chi connectivity index (χ1) is 12.4. The number of aryl methyl sites for hydroxylation is 1. The molecule has 26 heavy (non-hydrogen) atoms. The molecule has 1 atom stereocenters. The molecule has 0 aliphatic carbocycles. The molecule has 2 aromatic rings. The van der Waals surface area contributed by atoms with Crippen molar-refractivity contribution in [3.05, 3.63) is 65.2 Å². The molecule has 0 radical (unpaired) electrons. The Kier molecular flexibility index (Phi) is 6.32. The summed E-state index contributed by atoms with van der Waals surface area (Å²) in [7, 11) is 0. The first-order valence-electron chi connectivity index (χ1n) is 8.07. The molecule has 0 saturated carbocycles. The molecule has 0 unspecified atom stereocenters. The summed E-state index contributed by atoms with van der Waals surface area (Å²) >= 11 is 0. The van der Waals surface area contributed by atoms with E-state index in [4.69, 9.17) is 4.74 Å². The zero-order valence-electron chi connectivity index (χ0n) is 14.5. The van der Waals surface area contributed by atoms with E-state index in [0.29, 0.717) is 17.7 Å². The highest BCUT2D eigenvalue weighted by molar-refractivity contribution is 5.99. The minimum atomic E-state index is -1.34. The fourth-order valence-electron chi connectivity index (χ4n) is 2.28. The van der Waals surface area contributed by atoms with Crippen LogP contribution in [0.2, 0.25) is 0 Å². The van der Waals surface area contributed by atoms with Crippen molar-refractivity contribution in [1.29, 1.82) is 0 Å². The highest BCUT2D eigenvalue weighted by Gasteiger charge is 2.28. The molecule has 0 aliphatic rings. The number of phenols is 1. The highest BCUT2D eigenvalue weighted by Crippen LogP contribution is 2.25. The monoisotopic (exact) mass is 356 g/mol. The van der Waals surface area contributed by atoms with Crippen LogP contribution in [0.4, 0.5) is 4.79 Å². The van der Waals surface area contributed by atoms with Gasteiger partial charge in [0.25, 0.3) is 5.91 Å². The number of phenolic OH excluding ortho intramolecular Hbond substituents is 1. The Bertz CT molecular complexity index is 805. The van der Waals surface area contributed by atoms with E-state index in [1.54, 1.807) is 56.3 Å². The van der Waals surface area contributed by atoms with Gasteiger partial charge in [0.2, 0.25) is 6.10 Å². The summed E-state index contributed by atoms with van der Waals surface area (Å²) in [6.07, 6.45) is -1.34. The van der Waals surface area contributed by atoms with E-state index in [0.717, 1.165) is 0 Å². The summed E-state index contributed by atoms with van der Waals surface area (Å²) in [5.74, 6) is -1.87. The molecule has 0 saturated heterocycles. The van der Waals surface area contributed by atoms with E-state index in [9.17, 15) is 19.5 Å². The van der Waals surface area contributed by atoms with E-state index < -0.39 is 24.0 Å². The highest BCUT2D eigenvalue weighted by atomic mass is 16.5. The number of hydrogen-bond acceptors (Lipinski definition) is 5. The van der Waals surface area contributed by atoms with Crippen molar-refractivity contribution in [1.82, 2.24) is 10.6 Å². The molecule has 2 rings (SSSR count). The van der Waals surface area contributed by atoms with Gasteiger partial charge >= 0.3 is 12.0 Å². The predicted molar refractivity (Wildman–Crippen MR) is 94.7 cm³/mol. The number of ether oxygens (including phenoxy) is 1. The maximum absolute atomic E-state index is 12.5. The average Bonchev–Trinajstić information content (AvgIpc) is 2.62. The van der Waals surface area contributed by atoms with Crippen molar-refractivity contribution in [2.24, 2.45) is 0 Å². The van der Waals surface area contributed by atoms with E-state index in [-0.39, 0.29) is 11.3 Å². The number of esters is 1. The molecule has 3 N–H and O–H groups in total. The van der Waals surface area contributed by atoms with Crippen LogP contribution < -0.4 is 10.6 Å². The van der Waals surface area contributed by atoms with Crippen molar-refractivity contribution in [3.63, 3.8) is 0 Å². The number of para-hydroxylation sites is 1. The molecular weight excluding hydrogens is 336 g/mol. The van der Waals surface area contributed by atoms with Gasteiger partial charge in [-0.3, -0.25) is 10.1 Å². The third kappa shape index (κ3) is 4.60. The van der Waals surface area contributed by atoms with Gasteiger partial charge in [-0.1, -0.05) is 42.5 Å². The van der Waals surface area contributed by atoms with Crippen molar-refractivity contribution in [3.8, 4) is 5.75 Å². The quantitative estimate of drug-likeness (QED) is 0.714. The minimum absolute atomic E-state index is 0.0586. The number of nitrogens with one attached hydrogen (secondary N) is 2. The van der Waals surface area contributed by atoms with E-state index in [1.165, 1.54) is 6.07 Å². The number of carbonyl (C=O) groups excluding carboxylic acids is 3. The second kappa shape index (κ2) is 8.66. The summed E-state index contributed by atoms with van der Waals surface area (Å²) in [5, 5.41) is 14.6. The van der Waals surface area contributed by atoms with Crippen LogP contribution in [0.25, 0.3) is 0 Å². The molecule has 0 bridgehead atoms. The van der Waals surface area contributed by atoms with Crippen LogP contribution in [-0.4, -0.2) is 29.6 Å². The molecule has 0 fully saturated rings. The van der Waals surface area contributed by atoms with Gasteiger partial charge in [0.05, 0.1) is 0 Å². The Hall–Kier alpha value is -3.35. The minimum Gasteiger partial charge on any atom is -0.507 e. The van der Waals surface area contributed by atoms with Gasteiger partial charge in [-0.25, -0.2) is 9.59 Å². The number of urea groups is 1. The van der Waals surface area contributed by atoms with E-state index >= 15 is 0 Å². The molecule has 3 amide bonds. The maximum Gasteiger partial charge on any atom is 0.343 e. The lowest BCUT2D eigenvalue weighted by Gasteiger charge is -2.18. The second-order valence-corrected chi connectivity index (χ2v) is 5.52. The Morgan fingerprint density at radius 1 is 1.08 bits per heavy atom. The number of benzene rings is 2. The second-order valence-electron chi connectivity index (χ2n) is 5.52. The van der Waals surface area contributed by atoms with Crippen LogP contribution in [0.3, 0.4) is 0 Å². The largest absolute Gasteiger partial charge is 0.507 e. The number of amides is 3. The first kappa shape index (κ1) is 19.0. The fraction of sp³-hybridized carbons (Fsp3) is 0.211. The van der Waals surface area contributed by atoms with Gasteiger partial charge in [-0.05, 0) is 25.5 Å². The molecule has 7 nitrogen and oxygen atoms in total. The molecule has 7 heteroatoms. The molecule has 0 heterocycles. The zero-order chi connectivity index (χ0) is 19.1. The molecule has 2 aromatic carbocycles. The SMILES string of the molecule is CCNC(=O)NC(=O)[C@H](OC(=O)c1cccc(C)c1O)c1ccccc1. The summed E-state index contributed by atoms with van der Waals surface area (Å²) in [6.45, 7) is 3.69. The third-order valence-electron chi connectivity index (χ3n) is 3.60. The topological polar surface area (TPSA) is 105 Å². The summed E-state index contributed by atoms with van der Waals surface area (Å²) in [5.41, 5.74) is 0.842. The lowest BCUT2D eigenvalue weighted by Crippen LogP contribution is -2.42. The number of carbonyl (C=O) groups is 3. The number of imide groups is 1. The molecule has 136 valence electrons. The summed E-state index contributed by atoms with van der Waals surface area (Å²) in [6, 6.07) is 12.3. The smallest absolute Gasteiger partial charge is 0.343 e. The number of hydrogen-bond donors (Lipinski definition) is 3. The van der Waals surface area contributed by atoms with Crippen molar-refractivity contribution in [2.45, 2.75) is 20.0 Å². The Morgan fingerprint density at radius 3 is 2.42 bits per heavy atom. The Labute approximate surface area is 151 Å². The zero-order valence-corrected chi connectivity index (χ0v) is 14.5. The Morgan fingerprint density at radius 2 is 1.77 bits per heavy atom. The predicted octanol–water partition coefficient (Wildman–Crippen LogP) is 2.44. The van der Waals surface area contributed by atoms with Gasteiger partial charge in [0.15, 0.2) is 0 Å². The van der Waals surface area contributed by atoms with Crippen molar-refractivity contribution in [2.75, 3.05) is 6.54 Å². The number of rotatable bonds is 5. The van der Waals surface area contributed by atoms with Crippen LogP contribution in [-0.2, 0) is 9.53 Å². The van der Waals surface area contributed by atoms with E-state index in [2.05, 4.69) is 10.6 Å². The lowest BCUT2D eigenvalue weighted by molar-refractivity contribution is -0.129. The molecule has 0 spiro atoms. The van der Waals surface area contributed by atoms with Crippen LogP contribution in [0, 0.1) is 6.92 Å². The summed E-state index contributed by atoms with van der Waals surface area (Å²) in [4.78, 5) is 36.5. The third-order valence-corrected chi connectivity index (χ3v) is 3.60. The maximum atomic E-state index is 12.5. The lowest BCUT2D eigenvalue weighted by atomic mass is 10.1. The normalized spacial score (nSPS) is 11.3.